The number of amides is 1. The predicted octanol–water partition coefficient (Wildman–Crippen LogP) is 0.559. The van der Waals surface area contributed by atoms with Gasteiger partial charge in [0, 0.05) is 25.7 Å². The van der Waals surface area contributed by atoms with E-state index in [0.29, 0.717) is 5.69 Å². The Balaban J connectivity index is 1.59. The van der Waals surface area contributed by atoms with Crippen LogP contribution in [-0.2, 0) is 0 Å². The number of hydrogen-bond acceptors (Lipinski definition) is 5. The largest absolute Gasteiger partial charge is 0.355 e. The summed E-state index contributed by atoms with van der Waals surface area (Å²) in [6.07, 6.45) is 4.54. The third-order valence-electron chi connectivity index (χ3n) is 3.95. The smallest absolute Gasteiger partial charge is 0.272 e. The summed E-state index contributed by atoms with van der Waals surface area (Å²) in [5, 5.41) is 14.5. The van der Waals surface area contributed by atoms with Gasteiger partial charge in [-0.3, -0.25) is 4.79 Å². The fourth-order valence-corrected chi connectivity index (χ4v) is 2.80. The van der Waals surface area contributed by atoms with E-state index in [1.54, 1.807) is 6.07 Å². The molecule has 1 amide bonds. The minimum atomic E-state index is -0.126. The summed E-state index contributed by atoms with van der Waals surface area (Å²) in [6.45, 7) is 3.95. The Morgan fingerprint density at radius 3 is 2.75 bits per heavy atom. The van der Waals surface area contributed by atoms with E-state index in [-0.39, 0.29) is 11.9 Å². The lowest BCUT2D eigenvalue weighted by Gasteiger charge is -2.23. The number of piperidine rings is 1. The molecule has 1 unspecified atom stereocenters. The molecular formula is C14H21N5O. The Labute approximate surface area is 118 Å². The topological polar surface area (TPSA) is 70.2 Å². The fraction of sp³-hybridized carbons (Fsp3) is 0.643. The van der Waals surface area contributed by atoms with Gasteiger partial charge in [0.2, 0.25) is 0 Å². The third kappa shape index (κ3) is 3.07. The molecule has 6 nitrogen and oxygen atoms in total. The molecule has 1 aromatic heterocycles. The van der Waals surface area contributed by atoms with Gasteiger partial charge in [-0.15, -0.1) is 10.2 Å². The van der Waals surface area contributed by atoms with E-state index in [2.05, 4.69) is 25.7 Å². The molecule has 0 spiro atoms. The van der Waals surface area contributed by atoms with E-state index >= 15 is 0 Å². The minimum Gasteiger partial charge on any atom is -0.355 e. The Kier molecular flexibility index (Phi) is 4.11. The van der Waals surface area contributed by atoms with Gasteiger partial charge in [-0.1, -0.05) is 0 Å². The number of anilines is 1. The Hall–Kier alpha value is -1.69. The van der Waals surface area contributed by atoms with E-state index in [1.165, 1.54) is 12.8 Å². The van der Waals surface area contributed by atoms with Gasteiger partial charge < -0.3 is 15.5 Å². The lowest BCUT2D eigenvalue weighted by molar-refractivity contribution is 0.0924. The van der Waals surface area contributed by atoms with Crippen LogP contribution in [-0.4, -0.2) is 48.3 Å². The van der Waals surface area contributed by atoms with Crippen LogP contribution in [0.3, 0.4) is 0 Å². The summed E-state index contributed by atoms with van der Waals surface area (Å²) >= 11 is 0. The van der Waals surface area contributed by atoms with Crippen LogP contribution in [0.5, 0.6) is 0 Å². The van der Waals surface area contributed by atoms with Gasteiger partial charge in [0.15, 0.2) is 11.5 Å². The maximum atomic E-state index is 12.1. The van der Waals surface area contributed by atoms with Crippen LogP contribution < -0.4 is 15.5 Å². The normalized spacial score (nSPS) is 22.8. The molecule has 0 aliphatic carbocycles. The second-order valence-corrected chi connectivity index (χ2v) is 5.49. The van der Waals surface area contributed by atoms with E-state index in [4.69, 9.17) is 0 Å². The van der Waals surface area contributed by atoms with Crippen molar-refractivity contribution >= 4 is 11.7 Å². The highest BCUT2D eigenvalue weighted by molar-refractivity contribution is 5.92. The van der Waals surface area contributed by atoms with Crippen molar-refractivity contribution in [3.8, 4) is 0 Å². The zero-order valence-electron chi connectivity index (χ0n) is 11.6. The number of carbonyl (C=O) groups is 1. The fourth-order valence-electron chi connectivity index (χ4n) is 2.80. The van der Waals surface area contributed by atoms with Crippen molar-refractivity contribution < 1.29 is 4.79 Å². The first kappa shape index (κ1) is 13.3. The van der Waals surface area contributed by atoms with E-state index in [1.807, 2.05) is 6.07 Å². The molecule has 6 heteroatoms. The second kappa shape index (κ2) is 6.17. The molecule has 20 heavy (non-hydrogen) atoms. The van der Waals surface area contributed by atoms with Crippen LogP contribution in [0.4, 0.5) is 5.82 Å². The first-order valence-corrected chi connectivity index (χ1v) is 7.43. The highest BCUT2D eigenvalue weighted by Crippen LogP contribution is 2.16. The van der Waals surface area contributed by atoms with Gasteiger partial charge in [0.05, 0.1) is 0 Å². The molecule has 2 saturated heterocycles. The van der Waals surface area contributed by atoms with Gasteiger partial charge in [0.25, 0.3) is 5.91 Å². The summed E-state index contributed by atoms with van der Waals surface area (Å²) in [4.78, 5) is 14.3. The lowest BCUT2D eigenvalue weighted by atomic mass is 10.1. The molecule has 108 valence electrons. The van der Waals surface area contributed by atoms with Crippen LogP contribution in [0.15, 0.2) is 12.1 Å². The van der Waals surface area contributed by atoms with Crippen molar-refractivity contribution in [3.05, 3.63) is 17.8 Å². The van der Waals surface area contributed by atoms with Gasteiger partial charge in [0.1, 0.15) is 0 Å². The first-order chi connectivity index (χ1) is 9.83. The number of aromatic nitrogens is 2. The summed E-state index contributed by atoms with van der Waals surface area (Å²) < 4.78 is 0. The number of nitrogens with zero attached hydrogens (tertiary/aromatic N) is 3. The molecule has 1 aromatic rings. The summed E-state index contributed by atoms with van der Waals surface area (Å²) in [5.74, 6) is 0.748. The number of rotatable bonds is 3. The molecule has 2 aliphatic heterocycles. The Morgan fingerprint density at radius 2 is 2.10 bits per heavy atom. The molecule has 0 bridgehead atoms. The van der Waals surface area contributed by atoms with Gasteiger partial charge in [-0.25, -0.2) is 0 Å². The third-order valence-corrected chi connectivity index (χ3v) is 3.95. The van der Waals surface area contributed by atoms with Crippen LogP contribution in [0, 0.1) is 0 Å². The lowest BCUT2D eigenvalue weighted by Crippen LogP contribution is -2.45. The molecule has 3 heterocycles. The first-order valence-electron chi connectivity index (χ1n) is 7.43. The van der Waals surface area contributed by atoms with Gasteiger partial charge in [-0.2, -0.15) is 0 Å². The van der Waals surface area contributed by atoms with Crippen molar-refractivity contribution in [2.75, 3.05) is 31.1 Å². The average Bonchev–Trinajstić information content (AvgIpc) is 3.03. The molecule has 1 atom stereocenters. The molecule has 0 aromatic carbocycles. The molecule has 3 rings (SSSR count). The zero-order chi connectivity index (χ0) is 13.8. The summed E-state index contributed by atoms with van der Waals surface area (Å²) in [5.41, 5.74) is 0.401. The highest BCUT2D eigenvalue weighted by Gasteiger charge is 2.18. The van der Waals surface area contributed by atoms with Gasteiger partial charge in [-0.05, 0) is 44.4 Å². The van der Waals surface area contributed by atoms with Crippen molar-refractivity contribution in [2.45, 2.75) is 31.7 Å². The number of carbonyl (C=O) groups excluding carboxylic acids is 1. The zero-order valence-corrected chi connectivity index (χ0v) is 11.6. The average molecular weight is 275 g/mol. The SMILES string of the molecule is O=C(NC1CCCNC1)c1ccc(N2CCCC2)nn1. The second-order valence-electron chi connectivity index (χ2n) is 5.49. The van der Waals surface area contributed by atoms with Crippen molar-refractivity contribution in [2.24, 2.45) is 0 Å². The molecule has 0 saturated carbocycles. The summed E-state index contributed by atoms with van der Waals surface area (Å²) in [7, 11) is 0. The quantitative estimate of drug-likeness (QED) is 0.843. The van der Waals surface area contributed by atoms with Crippen molar-refractivity contribution in [3.63, 3.8) is 0 Å². The standard InChI is InChI=1S/C14H21N5O/c20-14(16-11-4-3-7-15-10-11)12-5-6-13(18-17-12)19-8-1-2-9-19/h5-6,11,15H,1-4,7-10H2,(H,16,20). The van der Waals surface area contributed by atoms with E-state index in [9.17, 15) is 4.79 Å². The Bertz CT molecular complexity index is 449. The van der Waals surface area contributed by atoms with Crippen LogP contribution in [0.1, 0.15) is 36.2 Å². The predicted molar refractivity (Wildman–Crippen MR) is 76.8 cm³/mol. The molecule has 0 radical (unpaired) electrons. The monoisotopic (exact) mass is 275 g/mol. The van der Waals surface area contributed by atoms with E-state index < -0.39 is 0 Å². The van der Waals surface area contributed by atoms with Crippen LogP contribution in [0.2, 0.25) is 0 Å². The number of hydrogen-bond donors (Lipinski definition) is 2. The van der Waals surface area contributed by atoms with Crippen molar-refractivity contribution in [1.29, 1.82) is 0 Å². The van der Waals surface area contributed by atoms with Crippen molar-refractivity contribution in [1.82, 2.24) is 20.8 Å². The maximum absolute atomic E-state index is 12.1. The van der Waals surface area contributed by atoms with Crippen LogP contribution in [0.25, 0.3) is 0 Å². The van der Waals surface area contributed by atoms with Crippen LogP contribution >= 0.6 is 0 Å². The minimum absolute atomic E-state index is 0.126. The highest BCUT2D eigenvalue weighted by atomic mass is 16.2. The van der Waals surface area contributed by atoms with Gasteiger partial charge >= 0.3 is 0 Å². The summed E-state index contributed by atoms with van der Waals surface area (Å²) in [6, 6.07) is 3.87. The molecular weight excluding hydrogens is 254 g/mol. The Morgan fingerprint density at radius 1 is 1.25 bits per heavy atom. The molecule has 2 aliphatic rings. The van der Waals surface area contributed by atoms with E-state index in [0.717, 1.165) is 44.8 Å². The molecule has 2 N–H and O–H groups in total. The molecule has 2 fully saturated rings. The maximum Gasteiger partial charge on any atom is 0.272 e. The number of nitrogens with one attached hydrogen (secondary N) is 2.